The number of rotatable bonds is 6. The fourth-order valence-electron chi connectivity index (χ4n) is 3.95. The molecule has 0 unspecified atom stereocenters. The smallest absolute Gasteiger partial charge is 0.223 e. The van der Waals surface area contributed by atoms with Crippen molar-refractivity contribution in [2.75, 3.05) is 38.2 Å². The van der Waals surface area contributed by atoms with Gasteiger partial charge in [0.25, 0.3) is 0 Å². The first kappa shape index (κ1) is 18.7. The van der Waals surface area contributed by atoms with Crippen LogP contribution in [0.25, 0.3) is 0 Å². The Morgan fingerprint density at radius 3 is 2.72 bits per heavy atom. The lowest BCUT2D eigenvalue weighted by Gasteiger charge is -2.32. The van der Waals surface area contributed by atoms with E-state index < -0.39 is 0 Å². The first-order chi connectivity index (χ1) is 12.2. The maximum atomic E-state index is 12.3. The van der Waals surface area contributed by atoms with Crippen molar-refractivity contribution in [2.45, 2.75) is 51.0 Å². The van der Waals surface area contributed by atoms with Crippen LogP contribution in [0.4, 0.5) is 0 Å². The van der Waals surface area contributed by atoms with Crippen molar-refractivity contribution in [3.63, 3.8) is 0 Å². The van der Waals surface area contributed by atoms with Crippen molar-refractivity contribution in [1.29, 1.82) is 0 Å². The van der Waals surface area contributed by atoms with Gasteiger partial charge in [-0.25, -0.2) is 0 Å². The Bertz CT molecular complexity index is 570. The number of carbonyl (C=O) groups is 1. The molecule has 140 valence electrons. The Labute approximate surface area is 155 Å². The third kappa shape index (κ3) is 4.76. The normalized spacial score (nSPS) is 22.3. The largest absolute Gasteiger partial charge is 0.342 e. The molecule has 0 aromatic carbocycles. The topological polar surface area (TPSA) is 54.3 Å². The Kier molecular flexibility index (Phi) is 6.76. The maximum Gasteiger partial charge on any atom is 0.223 e. The van der Waals surface area contributed by atoms with Crippen molar-refractivity contribution < 1.29 is 4.79 Å². The highest BCUT2D eigenvalue weighted by molar-refractivity contribution is 7.98. The van der Waals surface area contributed by atoms with E-state index in [1.807, 2.05) is 4.90 Å². The average Bonchev–Trinajstić information content (AvgIpc) is 3.01. The minimum Gasteiger partial charge on any atom is -0.342 e. The van der Waals surface area contributed by atoms with Gasteiger partial charge < -0.3 is 9.47 Å². The molecule has 0 aliphatic carbocycles. The van der Waals surface area contributed by atoms with Crippen LogP contribution in [0.5, 0.6) is 0 Å². The maximum absolute atomic E-state index is 12.3. The molecule has 2 saturated heterocycles. The summed E-state index contributed by atoms with van der Waals surface area (Å²) in [5, 5.41) is 8.97. The third-order valence-corrected chi connectivity index (χ3v) is 6.08. The summed E-state index contributed by atoms with van der Waals surface area (Å²) < 4.78 is 2.18. The van der Waals surface area contributed by atoms with Crippen molar-refractivity contribution in [3.8, 4) is 0 Å². The van der Waals surface area contributed by atoms with Crippen LogP contribution in [0.2, 0.25) is 0 Å². The molecule has 3 rings (SSSR count). The second-order valence-electron chi connectivity index (χ2n) is 7.29. The fourth-order valence-corrected chi connectivity index (χ4v) is 4.33. The van der Waals surface area contributed by atoms with E-state index in [0.29, 0.717) is 12.3 Å². The van der Waals surface area contributed by atoms with E-state index >= 15 is 0 Å². The molecule has 0 N–H and O–H groups in total. The van der Waals surface area contributed by atoms with Gasteiger partial charge in [-0.05, 0) is 45.0 Å². The molecule has 25 heavy (non-hydrogen) atoms. The van der Waals surface area contributed by atoms with Crippen molar-refractivity contribution in [1.82, 2.24) is 24.6 Å². The molecule has 0 bridgehead atoms. The van der Waals surface area contributed by atoms with E-state index in [1.54, 1.807) is 11.8 Å². The first-order valence-electron chi connectivity index (χ1n) is 9.56. The summed E-state index contributed by atoms with van der Waals surface area (Å²) >= 11 is 1.73. The Hall–Kier alpha value is -1.08. The van der Waals surface area contributed by atoms with Crippen LogP contribution < -0.4 is 0 Å². The molecule has 1 atom stereocenters. The summed E-state index contributed by atoms with van der Waals surface area (Å²) in [6.07, 6.45) is 8.79. The van der Waals surface area contributed by atoms with Crippen LogP contribution in [0.3, 0.4) is 0 Å². The Morgan fingerprint density at radius 2 is 1.96 bits per heavy atom. The molecular weight excluding hydrogens is 334 g/mol. The van der Waals surface area contributed by atoms with Crippen molar-refractivity contribution in [2.24, 2.45) is 7.05 Å². The van der Waals surface area contributed by atoms with Gasteiger partial charge in [0.05, 0.1) is 6.54 Å². The summed E-state index contributed by atoms with van der Waals surface area (Å²) in [5.74, 6) is 3.62. The average molecular weight is 366 g/mol. The highest BCUT2D eigenvalue weighted by Crippen LogP contribution is 2.26. The number of aromatic nitrogens is 3. The summed E-state index contributed by atoms with van der Waals surface area (Å²) in [7, 11) is 2.09. The second-order valence-corrected chi connectivity index (χ2v) is 8.28. The van der Waals surface area contributed by atoms with E-state index in [0.717, 1.165) is 49.9 Å². The van der Waals surface area contributed by atoms with Gasteiger partial charge in [-0.15, -0.1) is 10.2 Å². The molecule has 3 heterocycles. The predicted octanol–water partition coefficient (Wildman–Crippen LogP) is 2.26. The zero-order valence-electron chi connectivity index (χ0n) is 15.6. The van der Waals surface area contributed by atoms with Crippen LogP contribution in [0.1, 0.15) is 56.1 Å². The fraction of sp³-hybridized carbons (Fsp3) is 0.833. The molecule has 6 nitrogen and oxygen atoms in total. The highest BCUT2D eigenvalue weighted by Gasteiger charge is 2.28. The number of nitrogens with zero attached hydrogens (tertiary/aromatic N) is 5. The number of hydrogen-bond acceptors (Lipinski definition) is 5. The molecule has 0 spiro atoms. The molecule has 0 saturated carbocycles. The second kappa shape index (κ2) is 9.03. The van der Waals surface area contributed by atoms with E-state index in [1.165, 1.54) is 32.4 Å². The monoisotopic (exact) mass is 365 g/mol. The number of thioether (sulfide) groups is 1. The number of carbonyl (C=O) groups excluding carboxylic acids is 1. The molecule has 1 aromatic heterocycles. The van der Waals surface area contributed by atoms with Gasteiger partial charge in [-0.3, -0.25) is 9.69 Å². The van der Waals surface area contributed by atoms with Gasteiger partial charge in [-0.1, -0.05) is 6.42 Å². The highest BCUT2D eigenvalue weighted by atomic mass is 32.2. The molecule has 2 aliphatic heterocycles. The van der Waals surface area contributed by atoms with E-state index in [9.17, 15) is 4.79 Å². The lowest BCUT2D eigenvalue weighted by atomic mass is 9.97. The van der Waals surface area contributed by atoms with E-state index in [2.05, 4.69) is 33.0 Å². The van der Waals surface area contributed by atoms with Gasteiger partial charge in [0.2, 0.25) is 5.91 Å². The van der Waals surface area contributed by atoms with Crippen LogP contribution in [-0.2, 0) is 18.4 Å². The number of likely N-dealkylation sites (tertiary alicyclic amines) is 2. The van der Waals surface area contributed by atoms with Gasteiger partial charge in [0.1, 0.15) is 11.6 Å². The lowest BCUT2D eigenvalue weighted by molar-refractivity contribution is -0.132. The number of hydrogen-bond donors (Lipinski definition) is 0. The van der Waals surface area contributed by atoms with E-state index in [-0.39, 0.29) is 5.91 Å². The van der Waals surface area contributed by atoms with Crippen LogP contribution in [0.15, 0.2) is 0 Å². The zero-order valence-corrected chi connectivity index (χ0v) is 16.4. The van der Waals surface area contributed by atoms with Gasteiger partial charge in [-0.2, -0.15) is 11.8 Å². The summed E-state index contributed by atoms with van der Waals surface area (Å²) in [6, 6.07) is 0. The van der Waals surface area contributed by atoms with Gasteiger partial charge in [0, 0.05) is 38.2 Å². The molecule has 1 amide bonds. The minimum absolute atomic E-state index is 0.287. The molecule has 2 fully saturated rings. The number of amides is 1. The first-order valence-corrected chi connectivity index (χ1v) is 11.0. The van der Waals surface area contributed by atoms with Crippen LogP contribution in [0, 0.1) is 0 Å². The zero-order chi connectivity index (χ0) is 17.6. The third-order valence-electron chi connectivity index (χ3n) is 5.47. The lowest BCUT2D eigenvalue weighted by Crippen LogP contribution is -2.40. The summed E-state index contributed by atoms with van der Waals surface area (Å²) in [4.78, 5) is 16.9. The summed E-state index contributed by atoms with van der Waals surface area (Å²) in [6.45, 7) is 4.92. The molecule has 1 aromatic rings. The van der Waals surface area contributed by atoms with Crippen molar-refractivity contribution in [3.05, 3.63) is 11.6 Å². The molecule has 0 radical (unpaired) electrons. The standard InChI is InChI=1S/C18H31N5OS/c1-21-16(14-22-9-4-3-5-10-22)19-20-18(21)15-7-6-11-23(13-15)17(24)8-12-25-2/h15H,3-14H2,1-2H3/t15-/m0/s1. The molecule has 2 aliphatic rings. The van der Waals surface area contributed by atoms with Crippen LogP contribution >= 0.6 is 11.8 Å². The molecular formula is C18H31N5OS. The molecule has 7 heteroatoms. The predicted molar refractivity (Wildman–Crippen MR) is 102 cm³/mol. The minimum atomic E-state index is 0.287. The Balaban J connectivity index is 1.62. The van der Waals surface area contributed by atoms with Crippen LogP contribution in [-0.4, -0.2) is 68.7 Å². The SMILES string of the molecule is CSCCC(=O)N1CCC[C@H](c2nnc(CN3CCCCC3)n2C)C1. The van der Waals surface area contributed by atoms with E-state index in [4.69, 9.17) is 0 Å². The number of piperidine rings is 2. The van der Waals surface area contributed by atoms with Gasteiger partial charge in [0.15, 0.2) is 0 Å². The van der Waals surface area contributed by atoms with Crippen molar-refractivity contribution >= 4 is 17.7 Å². The van der Waals surface area contributed by atoms with Gasteiger partial charge >= 0.3 is 0 Å². The summed E-state index contributed by atoms with van der Waals surface area (Å²) in [5.41, 5.74) is 0. The quantitative estimate of drug-likeness (QED) is 0.774. The Morgan fingerprint density at radius 1 is 1.16 bits per heavy atom.